The van der Waals surface area contributed by atoms with Crippen molar-refractivity contribution in [3.05, 3.63) is 0 Å². The summed E-state index contributed by atoms with van der Waals surface area (Å²) in [5.74, 6) is -0.500. The lowest BCUT2D eigenvalue weighted by Gasteiger charge is -2.11. The van der Waals surface area contributed by atoms with Crippen LogP contribution in [0.15, 0.2) is 0 Å². The van der Waals surface area contributed by atoms with Gasteiger partial charge in [0.05, 0.1) is 38.5 Å². The quantitative estimate of drug-likeness (QED) is 0.360. The highest BCUT2D eigenvalue weighted by Gasteiger charge is 2.18. The number of nitrogens with zero attached hydrogens (tertiary/aromatic N) is 1. The van der Waals surface area contributed by atoms with Crippen molar-refractivity contribution in [2.45, 2.75) is 13.3 Å². The molecule has 0 aromatic rings. The minimum Gasteiger partial charge on any atom is -0.465 e. The Morgan fingerprint density at radius 3 is 2.88 bits per heavy atom. The Morgan fingerprint density at radius 1 is 1.62 bits per heavy atom. The molecule has 0 bridgehead atoms. The fourth-order valence-corrected chi connectivity index (χ4v) is 1.65. The summed E-state index contributed by atoms with van der Waals surface area (Å²) >= 11 is 0. The van der Waals surface area contributed by atoms with Crippen LogP contribution < -0.4 is 5.32 Å². The van der Waals surface area contributed by atoms with Gasteiger partial charge in [0.2, 0.25) is 0 Å². The highest BCUT2D eigenvalue weighted by atomic mass is 31.2. The first-order chi connectivity index (χ1) is 7.52. The van der Waals surface area contributed by atoms with Crippen molar-refractivity contribution in [3.63, 3.8) is 0 Å². The molecule has 0 aliphatic rings. The molecule has 0 aliphatic heterocycles. The number of nitrogens with one attached hydrogen (secondary N) is 1. The van der Waals surface area contributed by atoms with E-state index >= 15 is 0 Å². The van der Waals surface area contributed by atoms with Gasteiger partial charge in [0.25, 0.3) is 0 Å². The van der Waals surface area contributed by atoms with E-state index in [-0.39, 0.29) is 32.5 Å². The molecule has 0 radical (unpaired) electrons. The molecule has 0 spiro atoms. The first-order valence-corrected chi connectivity index (χ1v) is 6.47. The molecule has 0 saturated carbocycles. The van der Waals surface area contributed by atoms with Crippen LogP contribution in [0.4, 0.5) is 0 Å². The van der Waals surface area contributed by atoms with Crippen LogP contribution >= 0.6 is 7.60 Å². The Morgan fingerprint density at radius 2 is 2.31 bits per heavy atom. The third-order valence-corrected chi connectivity index (χ3v) is 2.60. The van der Waals surface area contributed by atoms with Gasteiger partial charge < -0.3 is 14.2 Å². The van der Waals surface area contributed by atoms with Gasteiger partial charge in [-0.25, -0.2) is 0 Å². The van der Waals surface area contributed by atoms with Crippen LogP contribution in [0.25, 0.3) is 0 Å². The third-order valence-electron chi connectivity index (χ3n) is 1.39. The zero-order valence-corrected chi connectivity index (χ0v) is 9.90. The zero-order chi connectivity index (χ0) is 12.4. The molecular weight excluding hydrogens is 235 g/mol. The first-order valence-electron chi connectivity index (χ1n) is 4.71. The van der Waals surface area contributed by atoms with Gasteiger partial charge in [-0.05, 0) is 6.92 Å². The van der Waals surface area contributed by atoms with E-state index in [4.69, 9.17) is 5.26 Å². The predicted molar refractivity (Wildman–Crippen MR) is 55.5 cm³/mol. The van der Waals surface area contributed by atoms with Gasteiger partial charge in [-0.1, -0.05) is 0 Å². The van der Waals surface area contributed by atoms with Crippen LogP contribution in [0, 0.1) is 11.3 Å². The van der Waals surface area contributed by atoms with Crippen molar-refractivity contribution in [1.29, 1.82) is 5.26 Å². The van der Waals surface area contributed by atoms with Crippen molar-refractivity contribution in [2.24, 2.45) is 0 Å². The van der Waals surface area contributed by atoms with E-state index in [0.717, 1.165) is 0 Å². The second-order valence-corrected chi connectivity index (χ2v) is 4.62. The molecule has 0 aromatic carbocycles. The second kappa shape index (κ2) is 8.25. The predicted octanol–water partition coefficient (Wildman–Crippen LogP) is 0.212. The van der Waals surface area contributed by atoms with Gasteiger partial charge in [-0.2, -0.15) is 5.26 Å². The molecule has 0 aliphatic carbocycles. The molecule has 8 heteroatoms. The maximum atomic E-state index is 11.2. The van der Waals surface area contributed by atoms with E-state index < -0.39 is 13.6 Å². The van der Waals surface area contributed by atoms with Crippen molar-refractivity contribution in [3.8, 4) is 6.07 Å². The number of rotatable bonds is 8. The summed E-state index contributed by atoms with van der Waals surface area (Å²) in [6.07, 6.45) is -0.306. The summed E-state index contributed by atoms with van der Waals surface area (Å²) in [6, 6.07) is 1.78. The minimum atomic E-state index is -3.77. The Labute approximate surface area is 93.9 Å². The largest absolute Gasteiger partial charge is 0.465 e. The Balaban J connectivity index is 3.70. The number of carbonyl (C=O) groups is 1. The second-order valence-electron chi connectivity index (χ2n) is 2.77. The number of carbonyl (C=O) groups excluding carboxylic acids is 1. The summed E-state index contributed by atoms with van der Waals surface area (Å²) in [4.78, 5) is 20.0. The van der Waals surface area contributed by atoms with Crippen molar-refractivity contribution >= 4 is 13.6 Å². The fourth-order valence-electron chi connectivity index (χ4n) is 0.791. The Kier molecular flexibility index (Phi) is 7.77. The van der Waals surface area contributed by atoms with Crippen LogP contribution in [0.1, 0.15) is 13.3 Å². The van der Waals surface area contributed by atoms with E-state index in [1.807, 2.05) is 0 Å². The molecule has 0 heterocycles. The van der Waals surface area contributed by atoms with Gasteiger partial charge in [0.15, 0.2) is 0 Å². The Hall–Kier alpha value is -0.930. The number of ether oxygens (including phenoxy) is 1. The molecule has 2 N–H and O–H groups in total. The third kappa shape index (κ3) is 8.38. The number of hydrogen-bond donors (Lipinski definition) is 2. The van der Waals surface area contributed by atoms with Crippen LogP contribution in [0.5, 0.6) is 0 Å². The van der Waals surface area contributed by atoms with Gasteiger partial charge in [0, 0.05) is 0 Å². The van der Waals surface area contributed by atoms with Crippen LogP contribution in [0.3, 0.4) is 0 Å². The lowest BCUT2D eigenvalue weighted by molar-refractivity contribution is -0.141. The smallest absolute Gasteiger partial charge is 0.341 e. The summed E-state index contributed by atoms with van der Waals surface area (Å²) < 4.78 is 20.4. The summed E-state index contributed by atoms with van der Waals surface area (Å²) in [7, 11) is -3.77. The minimum absolute atomic E-state index is 0.0441. The van der Waals surface area contributed by atoms with Crippen molar-refractivity contribution < 1.29 is 23.5 Å². The van der Waals surface area contributed by atoms with E-state index in [1.54, 1.807) is 13.0 Å². The maximum Gasteiger partial charge on any atom is 0.341 e. The topological polar surface area (TPSA) is 109 Å². The van der Waals surface area contributed by atoms with Gasteiger partial charge in [-0.3, -0.25) is 14.7 Å². The lowest BCUT2D eigenvalue weighted by atomic mass is 10.5. The molecule has 0 aromatic heterocycles. The average molecular weight is 250 g/mol. The maximum absolute atomic E-state index is 11.2. The van der Waals surface area contributed by atoms with Gasteiger partial charge >= 0.3 is 13.6 Å². The van der Waals surface area contributed by atoms with E-state index in [1.165, 1.54) is 0 Å². The number of nitriles is 1. The zero-order valence-electron chi connectivity index (χ0n) is 9.01. The average Bonchev–Trinajstić information content (AvgIpc) is 2.18. The molecule has 92 valence electrons. The van der Waals surface area contributed by atoms with Crippen LogP contribution in [-0.2, 0) is 18.6 Å². The molecule has 0 saturated heterocycles. The van der Waals surface area contributed by atoms with Crippen molar-refractivity contribution in [1.82, 2.24) is 5.32 Å². The first kappa shape index (κ1) is 15.1. The van der Waals surface area contributed by atoms with Crippen molar-refractivity contribution in [2.75, 3.05) is 26.0 Å². The molecule has 16 heavy (non-hydrogen) atoms. The van der Waals surface area contributed by atoms with Gasteiger partial charge in [0.1, 0.15) is 0 Å². The molecular formula is C8H15N2O5P. The molecule has 1 atom stereocenters. The van der Waals surface area contributed by atoms with E-state index in [0.29, 0.717) is 0 Å². The summed E-state index contributed by atoms with van der Waals surface area (Å²) in [5, 5.41) is 10.6. The fraction of sp³-hybridized carbons (Fsp3) is 0.750. The Bertz CT molecular complexity index is 301. The molecule has 0 fully saturated rings. The molecule has 1 unspecified atom stereocenters. The SMILES string of the molecule is CCOC(=O)CNCP(=O)(O)OCCC#N. The molecule has 7 nitrogen and oxygen atoms in total. The highest BCUT2D eigenvalue weighted by Crippen LogP contribution is 2.40. The number of hydrogen-bond acceptors (Lipinski definition) is 6. The normalized spacial score (nSPS) is 13.8. The van der Waals surface area contributed by atoms with E-state index in [9.17, 15) is 14.3 Å². The van der Waals surface area contributed by atoms with E-state index in [2.05, 4.69) is 14.6 Å². The van der Waals surface area contributed by atoms with Gasteiger partial charge in [-0.15, -0.1) is 0 Å². The highest BCUT2D eigenvalue weighted by molar-refractivity contribution is 7.52. The summed E-state index contributed by atoms with van der Waals surface area (Å²) in [5.41, 5.74) is 0. The monoisotopic (exact) mass is 250 g/mol. The standard InChI is InChI=1S/C8H15N2O5P/c1-2-14-8(11)6-10-7-16(12,13)15-5-3-4-9/h10H,2-3,5-7H2,1H3,(H,12,13). The lowest BCUT2D eigenvalue weighted by Crippen LogP contribution is -2.26. The molecule has 0 rings (SSSR count). The van der Waals surface area contributed by atoms with Crippen LogP contribution in [-0.4, -0.2) is 36.9 Å². The number of esters is 1. The van der Waals surface area contributed by atoms with Crippen LogP contribution in [0.2, 0.25) is 0 Å². The molecule has 0 amide bonds. The summed E-state index contributed by atoms with van der Waals surface area (Å²) in [6.45, 7) is 1.67.